The van der Waals surface area contributed by atoms with Crippen molar-refractivity contribution in [1.82, 2.24) is 0 Å². The molecule has 0 aromatic heterocycles. The molecule has 0 saturated carbocycles. The Morgan fingerprint density at radius 3 is 2.79 bits per heavy atom. The van der Waals surface area contributed by atoms with Gasteiger partial charge in [-0.05, 0) is 37.5 Å². The van der Waals surface area contributed by atoms with Gasteiger partial charge in [-0.15, -0.1) is 0 Å². The zero-order valence-corrected chi connectivity index (χ0v) is 12.2. The van der Waals surface area contributed by atoms with Crippen LogP contribution in [-0.4, -0.2) is 23.7 Å². The molecule has 0 heterocycles. The molecule has 0 aliphatic rings. The Hall–Kier alpha value is -0.970. The van der Waals surface area contributed by atoms with Crippen LogP contribution in [0.25, 0.3) is 0 Å². The summed E-state index contributed by atoms with van der Waals surface area (Å²) in [5.41, 5.74) is 6.49. The van der Waals surface area contributed by atoms with Gasteiger partial charge in [0, 0.05) is 17.5 Å². The zero-order chi connectivity index (χ0) is 14.4. The number of hydrogen-bond acceptors (Lipinski definition) is 4. The van der Waals surface area contributed by atoms with Crippen LogP contribution in [0.4, 0.5) is 0 Å². The molecule has 3 N–H and O–H groups in total. The minimum atomic E-state index is -0.273. The monoisotopic (exact) mass is 305 g/mol. The first kappa shape index (κ1) is 16.1. The van der Waals surface area contributed by atoms with E-state index in [1.807, 2.05) is 0 Å². The average Bonchev–Trinajstić information content (AvgIpc) is 2.33. The normalized spacial score (nSPS) is 12.2. The second kappa shape index (κ2) is 7.58. The molecule has 1 rings (SSSR count). The Morgan fingerprint density at radius 1 is 1.47 bits per heavy atom. The average molecular weight is 306 g/mol. The van der Waals surface area contributed by atoms with Gasteiger partial charge in [0.25, 0.3) is 0 Å². The maximum Gasteiger partial charge on any atom is 0.305 e. The van der Waals surface area contributed by atoms with Crippen LogP contribution < -0.4 is 5.73 Å². The van der Waals surface area contributed by atoms with Crippen molar-refractivity contribution in [2.75, 3.05) is 6.61 Å². The van der Waals surface area contributed by atoms with E-state index in [1.54, 1.807) is 13.0 Å². The van der Waals surface area contributed by atoms with E-state index in [4.69, 9.17) is 33.7 Å². The van der Waals surface area contributed by atoms with Gasteiger partial charge in [0.2, 0.25) is 0 Å². The summed E-state index contributed by atoms with van der Waals surface area (Å²) in [7, 11) is 0. The fourth-order valence-corrected chi connectivity index (χ4v) is 2.23. The number of phenols is 1. The van der Waals surface area contributed by atoms with Crippen LogP contribution >= 0.6 is 23.2 Å². The van der Waals surface area contributed by atoms with Crippen molar-refractivity contribution in [2.24, 2.45) is 5.73 Å². The Morgan fingerprint density at radius 2 is 2.16 bits per heavy atom. The largest absolute Gasteiger partial charge is 0.506 e. The topological polar surface area (TPSA) is 72.5 Å². The third kappa shape index (κ3) is 5.27. The molecule has 1 aromatic rings. The Kier molecular flexibility index (Phi) is 6.42. The molecule has 0 bridgehead atoms. The van der Waals surface area contributed by atoms with Crippen molar-refractivity contribution >= 4 is 29.2 Å². The summed E-state index contributed by atoms with van der Waals surface area (Å²) in [6.07, 6.45) is 1.12. The number of aromatic hydroxyl groups is 1. The first-order chi connectivity index (χ1) is 8.93. The molecule has 6 heteroatoms. The number of hydrogen-bond donors (Lipinski definition) is 2. The predicted molar refractivity (Wildman–Crippen MR) is 75.7 cm³/mol. The molecule has 0 aliphatic carbocycles. The molecule has 4 nitrogen and oxygen atoms in total. The summed E-state index contributed by atoms with van der Waals surface area (Å²) in [6.45, 7) is 2.11. The van der Waals surface area contributed by atoms with Crippen LogP contribution in [0.15, 0.2) is 12.1 Å². The number of esters is 1. The van der Waals surface area contributed by atoms with Gasteiger partial charge < -0.3 is 15.6 Å². The Bertz CT molecular complexity index is 452. The lowest BCUT2D eigenvalue weighted by Crippen LogP contribution is -2.24. The van der Waals surface area contributed by atoms with Crippen molar-refractivity contribution in [1.29, 1.82) is 0 Å². The van der Waals surface area contributed by atoms with E-state index in [1.165, 1.54) is 6.07 Å². The number of nitrogens with two attached hydrogens (primary N) is 1. The number of benzene rings is 1. The van der Waals surface area contributed by atoms with Gasteiger partial charge in [-0.3, -0.25) is 4.79 Å². The molecule has 1 aromatic carbocycles. The smallest absolute Gasteiger partial charge is 0.305 e. The standard InChI is InChI=1S/C13H17Cl2NO3/c1-2-19-12(17)4-3-10(16)6-8-5-9(14)7-11(15)13(8)18/h5,7,10,18H,2-4,6,16H2,1H3. The van der Waals surface area contributed by atoms with Crippen LogP contribution in [0.1, 0.15) is 25.3 Å². The van der Waals surface area contributed by atoms with Crippen molar-refractivity contribution in [2.45, 2.75) is 32.2 Å². The van der Waals surface area contributed by atoms with Gasteiger partial charge in [0.1, 0.15) is 5.75 Å². The highest BCUT2D eigenvalue weighted by Gasteiger charge is 2.13. The van der Waals surface area contributed by atoms with Crippen LogP contribution in [0.5, 0.6) is 5.75 Å². The van der Waals surface area contributed by atoms with Crippen molar-refractivity contribution in [3.05, 3.63) is 27.7 Å². The summed E-state index contributed by atoms with van der Waals surface area (Å²) >= 11 is 11.7. The molecule has 0 amide bonds. The summed E-state index contributed by atoms with van der Waals surface area (Å²) in [5, 5.41) is 10.4. The number of rotatable bonds is 6. The maximum atomic E-state index is 11.2. The van der Waals surface area contributed by atoms with Crippen LogP contribution in [0.2, 0.25) is 10.0 Å². The first-order valence-corrected chi connectivity index (χ1v) is 6.77. The highest BCUT2D eigenvalue weighted by Crippen LogP contribution is 2.31. The Balaban J connectivity index is 2.57. The molecule has 0 saturated heterocycles. The summed E-state index contributed by atoms with van der Waals surface area (Å²) in [5.74, 6) is -0.288. The number of carbonyl (C=O) groups is 1. The second-order valence-electron chi connectivity index (χ2n) is 4.20. The summed E-state index contributed by atoms with van der Waals surface area (Å²) < 4.78 is 4.82. The van der Waals surface area contributed by atoms with E-state index >= 15 is 0 Å². The molecule has 106 valence electrons. The highest BCUT2D eigenvalue weighted by atomic mass is 35.5. The van der Waals surface area contributed by atoms with E-state index in [0.29, 0.717) is 30.0 Å². The predicted octanol–water partition coefficient (Wildman–Crippen LogP) is 2.91. The molecule has 1 atom stereocenters. The van der Waals surface area contributed by atoms with Gasteiger partial charge in [0.15, 0.2) is 0 Å². The van der Waals surface area contributed by atoms with Crippen LogP contribution in [-0.2, 0) is 16.0 Å². The third-order valence-corrected chi connectivity index (χ3v) is 3.12. The lowest BCUT2D eigenvalue weighted by atomic mass is 10.0. The van der Waals surface area contributed by atoms with E-state index in [9.17, 15) is 9.90 Å². The number of carbonyl (C=O) groups excluding carboxylic acids is 1. The molecular weight excluding hydrogens is 289 g/mol. The fourth-order valence-electron chi connectivity index (χ4n) is 1.70. The van der Waals surface area contributed by atoms with E-state index in [-0.39, 0.29) is 29.2 Å². The van der Waals surface area contributed by atoms with E-state index in [2.05, 4.69) is 0 Å². The fraction of sp³-hybridized carbons (Fsp3) is 0.462. The quantitative estimate of drug-likeness (QED) is 0.793. The second-order valence-corrected chi connectivity index (χ2v) is 5.05. The van der Waals surface area contributed by atoms with Crippen molar-refractivity contribution in [3.63, 3.8) is 0 Å². The molecule has 0 fully saturated rings. The van der Waals surface area contributed by atoms with Crippen molar-refractivity contribution < 1.29 is 14.6 Å². The number of phenolic OH excluding ortho intramolecular Hbond substituents is 1. The van der Waals surface area contributed by atoms with Gasteiger partial charge in [-0.2, -0.15) is 0 Å². The SMILES string of the molecule is CCOC(=O)CCC(N)Cc1cc(Cl)cc(Cl)c1O. The van der Waals surface area contributed by atoms with E-state index in [0.717, 1.165) is 0 Å². The molecule has 19 heavy (non-hydrogen) atoms. The number of halogens is 2. The highest BCUT2D eigenvalue weighted by molar-refractivity contribution is 6.35. The zero-order valence-electron chi connectivity index (χ0n) is 10.7. The third-order valence-electron chi connectivity index (χ3n) is 2.61. The van der Waals surface area contributed by atoms with Gasteiger partial charge in [-0.1, -0.05) is 23.2 Å². The first-order valence-electron chi connectivity index (χ1n) is 6.02. The van der Waals surface area contributed by atoms with Crippen LogP contribution in [0, 0.1) is 0 Å². The van der Waals surface area contributed by atoms with Gasteiger partial charge in [-0.25, -0.2) is 0 Å². The molecule has 0 radical (unpaired) electrons. The minimum Gasteiger partial charge on any atom is -0.506 e. The molecular formula is C13H17Cl2NO3. The lowest BCUT2D eigenvalue weighted by molar-refractivity contribution is -0.143. The maximum absolute atomic E-state index is 11.2. The summed E-state index contributed by atoms with van der Waals surface area (Å²) in [6, 6.07) is 2.81. The molecule has 0 spiro atoms. The minimum absolute atomic E-state index is 0.0161. The molecule has 1 unspecified atom stereocenters. The number of ether oxygens (including phenoxy) is 1. The molecule has 0 aliphatic heterocycles. The summed E-state index contributed by atoms with van der Waals surface area (Å²) in [4.78, 5) is 11.2. The van der Waals surface area contributed by atoms with Crippen LogP contribution in [0.3, 0.4) is 0 Å². The van der Waals surface area contributed by atoms with E-state index < -0.39 is 0 Å². The van der Waals surface area contributed by atoms with Gasteiger partial charge >= 0.3 is 5.97 Å². The Labute approximate surface area is 122 Å². The lowest BCUT2D eigenvalue weighted by Gasteiger charge is -2.13. The van der Waals surface area contributed by atoms with Gasteiger partial charge in [0.05, 0.1) is 11.6 Å². The van der Waals surface area contributed by atoms with Crippen molar-refractivity contribution in [3.8, 4) is 5.75 Å².